The molecule has 0 radical (unpaired) electrons. The smallest absolute Gasteiger partial charge is 0.269 e. The normalized spacial score (nSPS) is 10.8. The standard InChI is InChI=1S/C19H31N5O4.HI/c1-4-5-12-28-13-6-11-20-19(22-15-18(25)23(2)3)21-14-16-7-9-17(10-8-16)24(26)27;/h7-10H,4-6,11-15H2,1-3H3,(H2,20,21,22);1H. The Kier molecular flexibility index (Phi) is 14.8. The number of nitro benzene ring substituents is 1. The summed E-state index contributed by atoms with van der Waals surface area (Å²) < 4.78 is 5.53. The third kappa shape index (κ3) is 12.3. The van der Waals surface area contributed by atoms with E-state index in [1.807, 2.05) is 0 Å². The van der Waals surface area contributed by atoms with Gasteiger partial charge < -0.3 is 20.3 Å². The van der Waals surface area contributed by atoms with E-state index in [9.17, 15) is 14.9 Å². The van der Waals surface area contributed by atoms with Crippen molar-refractivity contribution in [2.24, 2.45) is 4.99 Å². The fourth-order valence-corrected chi connectivity index (χ4v) is 2.11. The fourth-order valence-electron chi connectivity index (χ4n) is 2.11. The number of halogens is 1. The van der Waals surface area contributed by atoms with Crippen molar-refractivity contribution < 1.29 is 14.5 Å². The Balaban J connectivity index is 0.00000784. The Labute approximate surface area is 189 Å². The number of nitrogens with one attached hydrogen (secondary N) is 2. The number of benzene rings is 1. The molecule has 0 saturated heterocycles. The van der Waals surface area contributed by atoms with Crippen molar-refractivity contribution in [2.75, 3.05) is 40.4 Å². The molecule has 1 amide bonds. The zero-order valence-corrected chi connectivity index (χ0v) is 19.7. The summed E-state index contributed by atoms with van der Waals surface area (Å²) in [6.45, 7) is 4.70. The van der Waals surface area contributed by atoms with E-state index in [0.29, 0.717) is 25.7 Å². The summed E-state index contributed by atoms with van der Waals surface area (Å²) in [6.07, 6.45) is 2.99. The maximum absolute atomic E-state index is 11.8. The van der Waals surface area contributed by atoms with Gasteiger partial charge in [0.15, 0.2) is 5.96 Å². The summed E-state index contributed by atoms with van der Waals surface area (Å²) >= 11 is 0. The Bertz CT molecular complexity index is 638. The van der Waals surface area contributed by atoms with Gasteiger partial charge in [-0.05, 0) is 18.4 Å². The summed E-state index contributed by atoms with van der Waals surface area (Å²) in [5, 5.41) is 16.9. The molecule has 0 aliphatic carbocycles. The van der Waals surface area contributed by atoms with Crippen LogP contribution >= 0.6 is 24.0 Å². The van der Waals surface area contributed by atoms with Crippen LogP contribution in [0.3, 0.4) is 0 Å². The van der Waals surface area contributed by atoms with Crippen LogP contribution in [-0.4, -0.2) is 62.1 Å². The van der Waals surface area contributed by atoms with Crippen molar-refractivity contribution in [3.05, 3.63) is 39.9 Å². The number of amides is 1. The number of nitrogens with zero attached hydrogens (tertiary/aromatic N) is 3. The van der Waals surface area contributed by atoms with Crippen molar-refractivity contribution >= 4 is 41.5 Å². The van der Waals surface area contributed by atoms with Gasteiger partial charge in [0, 0.05) is 46.0 Å². The van der Waals surface area contributed by atoms with E-state index in [-0.39, 0.29) is 42.1 Å². The van der Waals surface area contributed by atoms with E-state index in [0.717, 1.165) is 31.4 Å². The van der Waals surface area contributed by atoms with Crippen molar-refractivity contribution in [3.63, 3.8) is 0 Å². The number of likely N-dealkylation sites (N-methyl/N-ethyl adjacent to an activating group) is 1. The summed E-state index contributed by atoms with van der Waals surface area (Å²) in [5.41, 5.74) is 0.886. The molecule has 0 aliphatic heterocycles. The average Bonchev–Trinajstić information content (AvgIpc) is 2.68. The lowest BCUT2D eigenvalue weighted by atomic mass is 10.2. The van der Waals surface area contributed by atoms with Crippen LogP contribution in [0.25, 0.3) is 0 Å². The van der Waals surface area contributed by atoms with Gasteiger partial charge in [0.25, 0.3) is 5.69 Å². The third-order valence-electron chi connectivity index (χ3n) is 3.87. The van der Waals surface area contributed by atoms with Gasteiger partial charge >= 0.3 is 0 Å². The van der Waals surface area contributed by atoms with Crippen molar-refractivity contribution in [1.29, 1.82) is 0 Å². The molecule has 164 valence electrons. The van der Waals surface area contributed by atoms with Gasteiger partial charge in [0.2, 0.25) is 5.91 Å². The van der Waals surface area contributed by atoms with Crippen molar-refractivity contribution in [2.45, 2.75) is 32.7 Å². The zero-order valence-electron chi connectivity index (χ0n) is 17.3. The molecule has 1 aromatic carbocycles. The molecule has 1 aromatic rings. The molecule has 10 heteroatoms. The van der Waals surface area contributed by atoms with Gasteiger partial charge in [-0.2, -0.15) is 0 Å². The van der Waals surface area contributed by atoms with Crippen LogP contribution in [0.5, 0.6) is 0 Å². The third-order valence-corrected chi connectivity index (χ3v) is 3.87. The predicted molar refractivity (Wildman–Crippen MR) is 125 cm³/mol. The van der Waals surface area contributed by atoms with Crippen LogP contribution in [0.2, 0.25) is 0 Å². The Morgan fingerprint density at radius 1 is 1.17 bits per heavy atom. The highest BCUT2D eigenvalue weighted by atomic mass is 127. The molecule has 0 aliphatic rings. The van der Waals surface area contributed by atoms with E-state index >= 15 is 0 Å². The van der Waals surface area contributed by atoms with Gasteiger partial charge in [-0.25, -0.2) is 4.99 Å². The number of hydrogen-bond acceptors (Lipinski definition) is 5. The number of carbonyl (C=O) groups is 1. The molecule has 0 unspecified atom stereocenters. The zero-order chi connectivity index (χ0) is 20.8. The number of hydrogen-bond donors (Lipinski definition) is 2. The number of nitro groups is 1. The molecule has 1 rings (SSSR count). The second-order valence-corrected chi connectivity index (χ2v) is 6.48. The highest BCUT2D eigenvalue weighted by Crippen LogP contribution is 2.12. The Hall–Kier alpha value is -1.95. The van der Waals surface area contributed by atoms with E-state index in [1.165, 1.54) is 17.0 Å². The number of unbranched alkanes of at least 4 members (excludes halogenated alkanes) is 1. The van der Waals surface area contributed by atoms with Crippen LogP contribution in [0.15, 0.2) is 29.3 Å². The van der Waals surface area contributed by atoms with Crippen LogP contribution in [0.1, 0.15) is 31.7 Å². The van der Waals surface area contributed by atoms with Crippen molar-refractivity contribution in [3.8, 4) is 0 Å². The van der Waals surface area contributed by atoms with E-state index in [2.05, 4.69) is 22.5 Å². The molecule has 0 fully saturated rings. The molecule has 2 N–H and O–H groups in total. The first-order valence-electron chi connectivity index (χ1n) is 9.47. The summed E-state index contributed by atoms with van der Waals surface area (Å²) in [7, 11) is 3.39. The number of rotatable bonds is 12. The van der Waals surface area contributed by atoms with Gasteiger partial charge in [0.05, 0.1) is 18.0 Å². The van der Waals surface area contributed by atoms with Crippen LogP contribution in [0, 0.1) is 10.1 Å². The lowest BCUT2D eigenvalue weighted by molar-refractivity contribution is -0.384. The minimum Gasteiger partial charge on any atom is -0.381 e. The Morgan fingerprint density at radius 3 is 2.41 bits per heavy atom. The van der Waals surface area contributed by atoms with Crippen LogP contribution in [0.4, 0.5) is 5.69 Å². The minimum atomic E-state index is -0.434. The molecule has 0 heterocycles. The largest absolute Gasteiger partial charge is 0.381 e. The number of guanidine groups is 1. The average molecular weight is 521 g/mol. The molecular weight excluding hydrogens is 489 g/mol. The van der Waals surface area contributed by atoms with Gasteiger partial charge in [-0.15, -0.1) is 24.0 Å². The van der Waals surface area contributed by atoms with Crippen molar-refractivity contribution in [1.82, 2.24) is 15.5 Å². The minimum absolute atomic E-state index is 0. The first-order valence-corrected chi connectivity index (χ1v) is 9.47. The quantitative estimate of drug-likeness (QED) is 0.109. The first-order chi connectivity index (χ1) is 13.4. The molecule has 0 spiro atoms. The molecule has 0 aromatic heterocycles. The fraction of sp³-hybridized carbons (Fsp3) is 0.579. The molecular formula is C19H32IN5O4. The first kappa shape index (κ1) is 27.0. The number of non-ortho nitro benzene ring substituents is 1. The van der Waals surface area contributed by atoms with Crippen LogP contribution in [-0.2, 0) is 16.1 Å². The maximum Gasteiger partial charge on any atom is 0.269 e. The topological polar surface area (TPSA) is 109 Å². The maximum atomic E-state index is 11.8. The second kappa shape index (κ2) is 15.9. The number of ether oxygens (including phenoxy) is 1. The summed E-state index contributed by atoms with van der Waals surface area (Å²) in [6, 6.07) is 6.25. The van der Waals surface area contributed by atoms with Gasteiger partial charge in [-0.3, -0.25) is 14.9 Å². The van der Waals surface area contributed by atoms with Gasteiger partial charge in [-0.1, -0.05) is 25.5 Å². The second-order valence-electron chi connectivity index (χ2n) is 6.48. The lowest BCUT2D eigenvalue weighted by Crippen LogP contribution is -2.43. The molecule has 9 nitrogen and oxygen atoms in total. The van der Waals surface area contributed by atoms with E-state index in [4.69, 9.17) is 4.74 Å². The SMILES string of the molecule is CCCCOCCCNC(=NCc1ccc([N+](=O)[O-])cc1)NCC(=O)N(C)C.I. The molecule has 0 bridgehead atoms. The molecule has 0 atom stereocenters. The van der Waals surface area contributed by atoms with Crippen LogP contribution < -0.4 is 10.6 Å². The predicted octanol–water partition coefficient (Wildman–Crippen LogP) is 2.54. The highest BCUT2D eigenvalue weighted by molar-refractivity contribution is 14.0. The molecule has 29 heavy (non-hydrogen) atoms. The highest BCUT2D eigenvalue weighted by Gasteiger charge is 2.07. The summed E-state index contributed by atoms with van der Waals surface area (Å²) in [5.74, 6) is 0.454. The number of carbonyl (C=O) groups excluding carboxylic acids is 1. The Morgan fingerprint density at radius 2 is 1.83 bits per heavy atom. The monoisotopic (exact) mass is 521 g/mol. The van der Waals surface area contributed by atoms with E-state index in [1.54, 1.807) is 26.2 Å². The van der Waals surface area contributed by atoms with E-state index < -0.39 is 4.92 Å². The lowest BCUT2D eigenvalue weighted by Gasteiger charge is -2.15. The summed E-state index contributed by atoms with van der Waals surface area (Å²) in [4.78, 5) is 28.0. The number of aliphatic imine (C=N–C) groups is 1. The van der Waals surface area contributed by atoms with Gasteiger partial charge in [0.1, 0.15) is 0 Å². The molecule has 0 saturated carbocycles.